The van der Waals surface area contributed by atoms with Crippen molar-refractivity contribution in [3.63, 3.8) is 0 Å². The SMILES string of the molecule is O=C(c1ccc(F)c(F)c1)N1CCN(CCCl)CC1. The molecular weight excluding hydrogens is 274 g/mol. The van der Waals surface area contributed by atoms with Crippen LogP contribution in [0, 0.1) is 11.6 Å². The third-order valence-electron chi connectivity index (χ3n) is 3.23. The van der Waals surface area contributed by atoms with Crippen LogP contribution in [-0.4, -0.2) is 54.3 Å². The van der Waals surface area contributed by atoms with Crippen LogP contribution in [0.3, 0.4) is 0 Å². The van der Waals surface area contributed by atoms with Crippen LogP contribution < -0.4 is 0 Å². The molecule has 1 aliphatic heterocycles. The molecule has 0 bridgehead atoms. The van der Waals surface area contributed by atoms with Crippen molar-refractivity contribution in [1.29, 1.82) is 0 Å². The summed E-state index contributed by atoms with van der Waals surface area (Å²) in [4.78, 5) is 15.9. The second-order valence-corrected chi connectivity index (χ2v) is 4.83. The van der Waals surface area contributed by atoms with Gasteiger partial charge in [-0.1, -0.05) is 0 Å². The second kappa shape index (κ2) is 6.30. The molecule has 0 saturated carbocycles. The molecule has 6 heteroatoms. The van der Waals surface area contributed by atoms with Crippen molar-refractivity contribution in [2.75, 3.05) is 38.6 Å². The molecule has 1 amide bonds. The molecule has 0 radical (unpaired) electrons. The van der Waals surface area contributed by atoms with Crippen molar-refractivity contribution >= 4 is 17.5 Å². The topological polar surface area (TPSA) is 23.6 Å². The van der Waals surface area contributed by atoms with Gasteiger partial charge in [-0.15, -0.1) is 11.6 Å². The molecule has 1 saturated heterocycles. The number of carbonyl (C=O) groups excluding carboxylic acids is 1. The Balaban J connectivity index is 1.99. The summed E-state index contributed by atoms with van der Waals surface area (Å²) in [6.45, 7) is 3.46. The maximum Gasteiger partial charge on any atom is 0.254 e. The van der Waals surface area contributed by atoms with Crippen molar-refractivity contribution < 1.29 is 13.6 Å². The van der Waals surface area contributed by atoms with Crippen LogP contribution in [0.4, 0.5) is 8.78 Å². The Labute approximate surface area is 115 Å². The number of piperazine rings is 1. The van der Waals surface area contributed by atoms with E-state index in [0.717, 1.165) is 31.8 Å². The summed E-state index contributed by atoms with van der Waals surface area (Å²) in [5, 5.41) is 0. The van der Waals surface area contributed by atoms with Crippen molar-refractivity contribution in [2.24, 2.45) is 0 Å². The molecule has 0 unspecified atom stereocenters. The zero-order valence-electron chi connectivity index (χ0n) is 10.4. The van der Waals surface area contributed by atoms with E-state index in [1.165, 1.54) is 6.07 Å². The largest absolute Gasteiger partial charge is 0.336 e. The number of halogens is 3. The van der Waals surface area contributed by atoms with Crippen LogP contribution >= 0.6 is 11.6 Å². The van der Waals surface area contributed by atoms with Crippen LogP contribution in [0.25, 0.3) is 0 Å². The van der Waals surface area contributed by atoms with Gasteiger partial charge in [0.2, 0.25) is 0 Å². The summed E-state index contributed by atoms with van der Waals surface area (Å²) in [6, 6.07) is 3.24. The van der Waals surface area contributed by atoms with E-state index < -0.39 is 11.6 Å². The maximum absolute atomic E-state index is 13.1. The molecule has 1 aliphatic rings. The van der Waals surface area contributed by atoms with Gasteiger partial charge in [-0.25, -0.2) is 8.78 Å². The fraction of sp³-hybridized carbons (Fsp3) is 0.462. The Morgan fingerprint density at radius 2 is 1.84 bits per heavy atom. The molecule has 19 heavy (non-hydrogen) atoms. The lowest BCUT2D eigenvalue weighted by Gasteiger charge is -2.34. The van der Waals surface area contributed by atoms with Gasteiger partial charge >= 0.3 is 0 Å². The highest BCUT2D eigenvalue weighted by atomic mass is 35.5. The van der Waals surface area contributed by atoms with Crippen LogP contribution in [-0.2, 0) is 0 Å². The van der Waals surface area contributed by atoms with Crippen LogP contribution in [0.2, 0.25) is 0 Å². The molecule has 1 fully saturated rings. The van der Waals surface area contributed by atoms with Crippen molar-refractivity contribution in [3.8, 4) is 0 Å². The average molecular weight is 289 g/mol. The Morgan fingerprint density at radius 1 is 1.16 bits per heavy atom. The number of rotatable bonds is 3. The summed E-state index contributed by atoms with van der Waals surface area (Å²) in [5.41, 5.74) is 0.185. The summed E-state index contributed by atoms with van der Waals surface area (Å²) in [6.07, 6.45) is 0. The molecule has 2 rings (SSSR count). The first-order valence-corrected chi connectivity index (χ1v) is 6.68. The van der Waals surface area contributed by atoms with Crippen molar-refractivity contribution in [1.82, 2.24) is 9.80 Å². The number of benzene rings is 1. The molecule has 0 N–H and O–H groups in total. The maximum atomic E-state index is 13.1. The van der Waals surface area contributed by atoms with Crippen LogP contribution in [0.5, 0.6) is 0 Å². The standard InChI is InChI=1S/C13H15ClF2N2O/c14-3-4-17-5-7-18(8-6-17)13(19)10-1-2-11(15)12(16)9-10/h1-2,9H,3-8H2. The Bertz CT molecular complexity index is 462. The van der Waals surface area contributed by atoms with E-state index in [0.29, 0.717) is 19.0 Å². The van der Waals surface area contributed by atoms with Gasteiger partial charge in [0.15, 0.2) is 11.6 Å². The van der Waals surface area contributed by atoms with E-state index >= 15 is 0 Å². The first-order chi connectivity index (χ1) is 9.11. The monoisotopic (exact) mass is 288 g/mol. The van der Waals surface area contributed by atoms with Crippen LogP contribution in [0.15, 0.2) is 18.2 Å². The number of alkyl halides is 1. The summed E-state index contributed by atoms with van der Waals surface area (Å²) in [5.74, 6) is -1.63. The molecule has 1 aromatic rings. The lowest BCUT2D eigenvalue weighted by atomic mass is 10.1. The predicted octanol–water partition coefficient (Wildman–Crippen LogP) is 1.96. The number of hydrogen-bond acceptors (Lipinski definition) is 2. The van der Waals surface area contributed by atoms with Crippen LogP contribution in [0.1, 0.15) is 10.4 Å². The third kappa shape index (κ3) is 3.42. The van der Waals surface area contributed by atoms with Gasteiger partial charge in [-0.2, -0.15) is 0 Å². The fourth-order valence-corrected chi connectivity index (χ4v) is 2.34. The van der Waals surface area contributed by atoms with Gasteiger partial charge in [0.05, 0.1) is 0 Å². The Morgan fingerprint density at radius 3 is 2.42 bits per heavy atom. The minimum atomic E-state index is -0.994. The van der Waals surface area contributed by atoms with E-state index in [4.69, 9.17) is 11.6 Å². The van der Waals surface area contributed by atoms with Gasteiger partial charge < -0.3 is 4.90 Å². The zero-order chi connectivity index (χ0) is 13.8. The highest BCUT2D eigenvalue weighted by Crippen LogP contribution is 2.12. The number of nitrogens with zero attached hydrogens (tertiary/aromatic N) is 2. The summed E-state index contributed by atoms with van der Waals surface area (Å²) in [7, 11) is 0. The molecule has 0 atom stereocenters. The average Bonchev–Trinajstić information content (AvgIpc) is 2.42. The van der Waals surface area contributed by atoms with Gasteiger partial charge in [-0.3, -0.25) is 9.69 Å². The molecule has 0 aliphatic carbocycles. The van der Waals surface area contributed by atoms with Gasteiger partial charge in [0.25, 0.3) is 5.91 Å². The zero-order valence-corrected chi connectivity index (χ0v) is 11.2. The molecular formula is C13H15ClF2N2O. The fourth-order valence-electron chi connectivity index (χ4n) is 2.11. The first kappa shape index (κ1) is 14.2. The van der Waals surface area contributed by atoms with E-state index in [1.54, 1.807) is 4.90 Å². The minimum absolute atomic E-state index is 0.185. The molecule has 0 spiro atoms. The molecule has 3 nitrogen and oxygen atoms in total. The van der Waals surface area contributed by atoms with E-state index in [9.17, 15) is 13.6 Å². The molecule has 104 valence electrons. The van der Waals surface area contributed by atoms with E-state index in [-0.39, 0.29) is 11.5 Å². The van der Waals surface area contributed by atoms with Gasteiger partial charge in [0, 0.05) is 44.2 Å². The van der Waals surface area contributed by atoms with Gasteiger partial charge in [-0.05, 0) is 18.2 Å². The van der Waals surface area contributed by atoms with E-state index in [1.807, 2.05) is 0 Å². The molecule has 0 aromatic heterocycles. The van der Waals surface area contributed by atoms with Crippen molar-refractivity contribution in [3.05, 3.63) is 35.4 Å². The summed E-state index contributed by atoms with van der Waals surface area (Å²) >= 11 is 5.66. The third-order valence-corrected chi connectivity index (χ3v) is 3.40. The first-order valence-electron chi connectivity index (χ1n) is 6.14. The lowest BCUT2D eigenvalue weighted by Crippen LogP contribution is -2.49. The quantitative estimate of drug-likeness (QED) is 0.794. The minimum Gasteiger partial charge on any atom is -0.336 e. The number of amides is 1. The number of carbonyl (C=O) groups is 1. The number of hydrogen-bond donors (Lipinski definition) is 0. The van der Waals surface area contributed by atoms with Crippen molar-refractivity contribution in [2.45, 2.75) is 0 Å². The second-order valence-electron chi connectivity index (χ2n) is 4.45. The molecule has 1 aromatic carbocycles. The smallest absolute Gasteiger partial charge is 0.254 e. The highest BCUT2D eigenvalue weighted by molar-refractivity contribution is 6.18. The normalized spacial score (nSPS) is 16.7. The Kier molecular flexibility index (Phi) is 4.71. The lowest BCUT2D eigenvalue weighted by molar-refractivity contribution is 0.0644. The van der Waals surface area contributed by atoms with E-state index in [2.05, 4.69) is 4.90 Å². The Hall–Kier alpha value is -1.20. The predicted molar refractivity (Wildman–Crippen MR) is 69.4 cm³/mol. The van der Waals surface area contributed by atoms with Gasteiger partial charge in [0.1, 0.15) is 0 Å². The summed E-state index contributed by atoms with van der Waals surface area (Å²) < 4.78 is 25.9. The molecule has 1 heterocycles. The highest BCUT2D eigenvalue weighted by Gasteiger charge is 2.22.